The average molecular weight is 395 g/mol. The van der Waals surface area contributed by atoms with E-state index in [0.29, 0.717) is 28.1 Å². The molecule has 1 amide bonds. The molecule has 3 aromatic rings. The summed E-state index contributed by atoms with van der Waals surface area (Å²) >= 11 is 0. The van der Waals surface area contributed by atoms with Gasteiger partial charge < -0.3 is 14.9 Å². The number of halogens is 1. The van der Waals surface area contributed by atoms with Crippen molar-refractivity contribution < 1.29 is 18.3 Å². The fraction of sp³-hybridized carbons (Fsp3) is 0.200. The van der Waals surface area contributed by atoms with E-state index in [0.717, 1.165) is 0 Å². The maximum Gasteiger partial charge on any atom is 0.266 e. The number of nitrogens with zero attached hydrogens (tertiary/aromatic N) is 4. The topological polar surface area (TPSA) is 107 Å². The van der Waals surface area contributed by atoms with Gasteiger partial charge in [0.25, 0.3) is 5.91 Å². The van der Waals surface area contributed by atoms with Crippen LogP contribution in [0, 0.1) is 0 Å². The molecule has 0 bridgehead atoms. The van der Waals surface area contributed by atoms with Gasteiger partial charge in [-0.3, -0.25) is 14.7 Å². The average Bonchev–Trinajstić information content (AvgIpc) is 3.37. The number of aliphatic imine (C=N–C) groups is 1. The lowest BCUT2D eigenvalue weighted by Crippen LogP contribution is -2.41. The minimum Gasteiger partial charge on any atom is -0.497 e. The number of amides is 1. The molecule has 1 aliphatic heterocycles. The molecule has 4 rings (SSSR count). The molecule has 148 valence electrons. The van der Waals surface area contributed by atoms with Crippen LogP contribution >= 0.6 is 0 Å². The minimum absolute atomic E-state index is 0.0550. The number of benzene rings is 1. The van der Waals surface area contributed by atoms with Crippen LogP contribution in [0.1, 0.15) is 16.8 Å². The van der Waals surface area contributed by atoms with Crippen molar-refractivity contribution in [1.82, 2.24) is 14.9 Å². The molecule has 9 heteroatoms. The number of carbonyl (C=O) groups is 1. The molecule has 2 aromatic heterocycles. The van der Waals surface area contributed by atoms with Crippen molar-refractivity contribution in [3.63, 3.8) is 0 Å². The third-order valence-electron chi connectivity index (χ3n) is 4.90. The van der Waals surface area contributed by atoms with Gasteiger partial charge in [-0.2, -0.15) is 0 Å². The number of rotatable bonds is 5. The van der Waals surface area contributed by atoms with Crippen molar-refractivity contribution in [2.75, 3.05) is 14.2 Å². The van der Waals surface area contributed by atoms with Crippen LogP contribution in [0.5, 0.6) is 5.75 Å². The van der Waals surface area contributed by atoms with Gasteiger partial charge in [-0.25, -0.2) is 14.4 Å². The van der Waals surface area contributed by atoms with E-state index >= 15 is 0 Å². The van der Waals surface area contributed by atoms with Crippen LogP contribution in [-0.4, -0.2) is 40.9 Å². The fourth-order valence-corrected chi connectivity index (χ4v) is 3.39. The van der Waals surface area contributed by atoms with Crippen LogP contribution in [-0.2, 0) is 17.0 Å². The first kappa shape index (κ1) is 18.6. The summed E-state index contributed by atoms with van der Waals surface area (Å²) in [6, 6.07) is 8.38. The van der Waals surface area contributed by atoms with Crippen molar-refractivity contribution in [3.05, 3.63) is 66.0 Å². The van der Waals surface area contributed by atoms with Gasteiger partial charge in [0, 0.05) is 18.8 Å². The Hall–Kier alpha value is -3.75. The van der Waals surface area contributed by atoms with E-state index in [2.05, 4.69) is 15.0 Å². The molecule has 1 aromatic carbocycles. The molecular weight excluding hydrogens is 377 g/mol. The summed E-state index contributed by atoms with van der Waals surface area (Å²) < 4.78 is 23.8. The lowest BCUT2D eigenvalue weighted by atomic mass is 9.82. The van der Waals surface area contributed by atoms with Gasteiger partial charge in [0.2, 0.25) is 0 Å². The van der Waals surface area contributed by atoms with E-state index in [4.69, 9.17) is 14.9 Å². The number of pyridine rings is 1. The monoisotopic (exact) mass is 395 g/mol. The Morgan fingerprint density at radius 1 is 1.24 bits per heavy atom. The Morgan fingerprint density at radius 3 is 2.69 bits per heavy atom. The molecule has 0 aliphatic carbocycles. The highest BCUT2D eigenvalue weighted by Gasteiger charge is 2.50. The smallest absolute Gasteiger partial charge is 0.266 e. The first-order valence-corrected chi connectivity index (χ1v) is 8.72. The van der Waals surface area contributed by atoms with Crippen LogP contribution in [0.4, 0.5) is 4.39 Å². The number of ether oxygens (including phenoxy) is 1. The third-order valence-corrected chi connectivity index (χ3v) is 4.90. The summed E-state index contributed by atoms with van der Waals surface area (Å²) in [4.78, 5) is 27.3. The van der Waals surface area contributed by atoms with E-state index < -0.39 is 12.2 Å². The van der Waals surface area contributed by atoms with E-state index in [1.807, 2.05) is 0 Å². The number of methoxy groups -OCH3 is 1. The molecule has 0 saturated heterocycles. The Labute approximate surface area is 165 Å². The highest BCUT2D eigenvalue weighted by atomic mass is 19.1. The molecule has 0 saturated carbocycles. The number of hydrogen-bond acceptors (Lipinski definition) is 7. The molecule has 1 unspecified atom stereocenters. The lowest BCUT2D eigenvalue weighted by Gasteiger charge is -2.27. The molecule has 2 N–H and O–H groups in total. The largest absolute Gasteiger partial charge is 0.497 e. The first-order chi connectivity index (χ1) is 14.0. The number of likely N-dealkylation sites (N-methyl/N-ethyl adjacent to an activating group) is 1. The number of nitrogens with two attached hydrogens (primary N) is 1. The highest BCUT2D eigenvalue weighted by molar-refractivity contribution is 6.09. The first-order valence-electron chi connectivity index (χ1n) is 8.72. The molecule has 1 atom stereocenters. The second-order valence-electron chi connectivity index (χ2n) is 6.54. The maximum absolute atomic E-state index is 13.4. The second kappa shape index (κ2) is 7.01. The molecule has 8 nitrogen and oxygen atoms in total. The maximum atomic E-state index is 13.4. The van der Waals surface area contributed by atoms with Crippen LogP contribution in [0.2, 0.25) is 0 Å². The number of alkyl halides is 1. The number of hydrogen-bond donors (Lipinski definition) is 1. The van der Waals surface area contributed by atoms with Crippen LogP contribution in [0.15, 0.2) is 58.6 Å². The summed E-state index contributed by atoms with van der Waals surface area (Å²) in [6.45, 7) is -0.768. The highest BCUT2D eigenvalue weighted by Crippen LogP contribution is 2.42. The van der Waals surface area contributed by atoms with Crippen molar-refractivity contribution in [2.24, 2.45) is 10.7 Å². The van der Waals surface area contributed by atoms with Crippen LogP contribution in [0.25, 0.3) is 11.3 Å². The van der Waals surface area contributed by atoms with Gasteiger partial charge in [0.1, 0.15) is 24.4 Å². The lowest BCUT2D eigenvalue weighted by molar-refractivity contribution is -0.129. The van der Waals surface area contributed by atoms with Crippen molar-refractivity contribution in [2.45, 2.75) is 12.2 Å². The summed E-state index contributed by atoms with van der Waals surface area (Å²) in [6.07, 6.45) is 4.24. The molecule has 3 heterocycles. The summed E-state index contributed by atoms with van der Waals surface area (Å²) in [5, 5.41) is 0. The zero-order chi connectivity index (χ0) is 20.6. The molecular formula is C20H18FN5O3. The Kier molecular flexibility index (Phi) is 4.50. The zero-order valence-electron chi connectivity index (χ0n) is 15.8. The van der Waals surface area contributed by atoms with E-state index in [9.17, 15) is 9.18 Å². The standard InChI is InChI=1S/C20H18FN5O3/c1-26-18(27)20(25-19(26)22,13-3-4-23-15(7-13)9-21)14-5-12(6-16(8-14)28-2)17-10-29-11-24-17/h3-8,10-11H,9H2,1-2H3,(H2,22,25). The van der Waals surface area contributed by atoms with Gasteiger partial charge >= 0.3 is 0 Å². The number of aromatic nitrogens is 2. The summed E-state index contributed by atoms with van der Waals surface area (Å²) in [5.41, 5.74) is 6.88. The fourth-order valence-electron chi connectivity index (χ4n) is 3.39. The normalized spacial score (nSPS) is 18.8. The zero-order valence-corrected chi connectivity index (χ0v) is 15.8. The van der Waals surface area contributed by atoms with Crippen LogP contribution in [0.3, 0.4) is 0 Å². The van der Waals surface area contributed by atoms with E-state index in [1.54, 1.807) is 31.3 Å². The molecule has 29 heavy (non-hydrogen) atoms. The van der Waals surface area contributed by atoms with E-state index in [-0.39, 0.29) is 17.6 Å². The van der Waals surface area contributed by atoms with Crippen LogP contribution < -0.4 is 10.5 Å². The predicted octanol–water partition coefficient (Wildman–Crippen LogP) is 2.25. The minimum atomic E-state index is -1.50. The van der Waals surface area contributed by atoms with Crippen molar-refractivity contribution in [3.8, 4) is 17.0 Å². The summed E-state index contributed by atoms with van der Waals surface area (Å²) in [7, 11) is 3.06. The SMILES string of the molecule is COc1cc(-c2cocn2)cc(C2(c3ccnc(CF)c3)N=C(N)N(C)C2=O)c1. The quantitative estimate of drug-likeness (QED) is 0.710. The van der Waals surface area contributed by atoms with Gasteiger partial charge in [0.05, 0.1) is 12.8 Å². The second-order valence-corrected chi connectivity index (χ2v) is 6.54. The van der Waals surface area contributed by atoms with E-state index in [1.165, 1.54) is 36.9 Å². The molecule has 1 aliphatic rings. The Morgan fingerprint density at radius 2 is 2.07 bits per heavy atom. The van der Waals surface area contributed by atoms with Gasteiger partial charge in [-0.15, -0.1) is 0 Å². The molecule has 0 fully saturated rings. The van der Waals surface area contributed by atoms with Crippen molar-refractivity contribution in [1.29, 1.82) is 0 Å². The Bertz CT molecular complexity index is 1100. The van der Waals surface area contributed by atoms with Crippen molar-refractivity contribution >= 4 is 11.9 Å². The summed E-state index contributed by atoms with van der Waals surface area (Å²) in [5.74, 6) is 0.181. The Balaban J connectivity index is 2.01. The molecule has 0 radical (unpaired) electrons. The third kappa shape index (κ3) is 2.91. The number of guanidine groups is 1. The number of oxazole rings is 1. The van der Waals surface area contributed by atoms with Gasteiger partial charge in [-0.05, 0) is 41.5 Å². The predicted molar refractivity (Wildman–Crippen MR) is 103 cm³/mol. The number of carbonyl (C=O) groups excluding carboxylic acids is 1. The van der Waals surface area contributed by atoms with Gasteiger partial charge in [-0.1, -0.05) is 0 Å². The van der Waals surface area contributed by atoms with Gasteiger partial charge in [0.15, 0.2) is 17.9 Å². The molecule has 0 spiro atoms.